The highest BCUT2D eigenvalue weighted by molar-refractivity contribution is 8.00. The molecule has 0 spiro atoms. The number of nitrogens with zero attached hydrogens (tertiary/aromatic N) is 4. The van der Waals surface area contributed by atoms with Gasteiger partial charge in [-0.2, -0.15) is 0 Å². The van der Waals surface area contributed by atoms with Gasteiger partial charge in [0.15, 0.2) is 0 Å². The van der Waals surface area contributed by atoms with E-state index in [1.165, 1.54) is 23.9 Å². The van der Waals surface area contributed by atoms with Crippen LogP contribution in [0.4, 0.5) is 11.4 Å². The average molecular weight is 410 g/mol. The standard InChI is InChI=1S/C20H18N4O4S/c1-12-10-14-6-3-4-9-17(14)23(12)19(25)13(2)29-20-22-21-18(28-20)15-7-5-8-16(11-15)24(26)27/h3-9,11-13H,10H2,1-2H3/t12-,13+/m1/s1. The molecule has 29 heavy (non-hydrogen) atoms. The number of aromatic nitrogens is 2. The summed E-state index contributed by atoms with van der Waals surface area (Å²) in [6.07, 6.45) is 0.830. The first-order valence-electron chi connectivity index (χ1n) is 9.10. The maximum atomic E-state index is 13.1. The molecule has 2 aromatic carbocycles. The largest absolute Gasteiger partial charge is 0.411 e. The number of fused-ring (bicyclic) bond motifs is 1. The summed E-state index contributed by atoms with van der Waals surface area (Å²) in [4.78, 5) is 25.3. The Balaban J connectivity index is 1.50. The molecule has 1 amide bonds. The van der Waals surface area contributed by atoms with Gasteiger partial charge in [0.25, 0.3) is 10.9 Å². The molecule has 8 nitrogen and oxygen atoms in total. The van der Waals surface area contributed by atoms with E-state index in [9.17, 15) is 14.9 Å². The van der Waals surface area contributed by atoms with Crippen molar-refractivity contribution in [3.8, 4) is 11.5 Å². The lowest BCUT2D eigenvalue weighted by atomic mass is 10.1. The highest BCUT2D eigenvalue weighted by Crippen LogP contribution is 2.35. The SMILES string of the molecule is C[C@H](Sc1nnc(-c2cccc([N+](=O)[O-])c2)o1)C(=O)N1c2ccccc2C[C@H]1C. The lowest BCUT2D eigenvalue weighted by Gasteiger charge is -2.25. The summed E-state index contributed by atoms with van der Waals surface area (Å²) < 4.78 is 5.63. The molecule has 0 radical (unpaired) electrons. The van der Waals surface area contributed by atoms with Crippen LogP contribution in [-0.2, 0) is 11.2 Å². The molecule has 0 N–H and O–H groups in total. The van der Waals surface area contributed by atoms with E-state index < -0.39 is 10.2 Å². The predicted molar refractivity (Wildman–Crippen MR) is 109 cm³/mol. The average Bonchev–Trinajstić information content (AvgIpc) is 3.31. The number of non-ortho nitro benzene ring substituents is 1. The number of para-hydroxylation sites is 1. The third-order valence-corrected chi connectivity index (χ3v) is 5.70. The Morgan fingerprint density at radius 3 is 2.86 bits per heavy atom. The summed E-state index contributed by atoms with van der Waals surface area (Å²) in [5.74, 6) is 0.151. The molecule has 0 aliphatic carbocycles. The van der Waals surface area contributed by atoms with E-state index in [-0.39, 0.29) is 28.7 Å². The van der Waals surface area contributed by atoms with Crippen molar-refractivity contribution >= 4 is 29.0 Å². The van der Waals surface area contributed by atoms with Crippen LogP contribution in [0.5, 0.6) is 0 Å². The number of carbonyl (C=O) groups is 1. The molecule has 148 valence electrons. The van der Waals surface area contributed by atoms with Crippen LogP contribution in [0.3, 0.4) is 0 Å². The Bertz CT molecular complexity index is 1080. The Hall–Kier alpha value is -3.20. The summed E-state index contributed by atoms with van der Waals surface area (Å²) >= 11 is 1.18. The van der Waals surface area contributed by atoms with Crippen LogP contribution in [0, 0.1) is 10.1 Å². The zero-order valence-electron chi connectivity index (χ0n) is 15.8. The van der Waals surface area contributed by atoms with Crippen molar-refractivity contribution in [3.05, 3.63) is 64.2 Å². The fourth-order valence-corrected chi connectivity index (χ4v) is 4.16. The number of rotatable bonds is 5. The van der Waals surface area contributed by atoms with E-state index in [1.54, 1.807) is 19.1 Å². The fraction of sp³-hybridized carbons (Fsp3) is 0.250. The second kappa shape index (κ2) is 7.67. The Morgan fingerprint density at radius 2 is 2.07 bits per heavy atom. The molecule has 1 aliphatic rings. The molecule has 0 unspecified atom stereocenters. The van der Waals surface area contributed by atoms with E-state index in [0.717, 1.165) is 17.7 Å². The van der Waals surface area contributed by atoms with E-state index in [2.05, 4.69) is 10.2 Å². The summed E-state index contributed by atoms with van der Waals surface area (Å²) in [6, 6.07) is 14.0. The summed E-state index contributed by atoms with van der Waals surface area (Å²) in [7, 11) is 0. The van der Waals surface area contributed by atoms with Crippen molar-refractivity contribution in [2.24, 2.45) is 0 Å². The number of anilines is 1. The second-order valence-corrected chi connectivity index (χ2v) is 8.12. The van der Waals surface area contributed by atoms with Crippen molar-refractivity contribution < 1.29 is 14.1 Å². The molecular weight excluding hydrogens is 392 g/mol. The summed E-state index contributed by atoms with van der Waals surface area (Å²) in [5.41, 5.74) is 2.51. The van der Waals surface area contributed by atoms with Gasteiger partial charge >= 0.3 is 0 Å². The third-order valence-electron chi connectivity index (χ3n) is 4.78. The molecule has 2 atom stereocenters. The van der Waals surface area contributed by atoms with Crippen LogP contribution in [0.2, 0.25) is 0 Å². The van der Waals surface area contributed by atoms with Gasteiger partial charge in [0, 0.05) is 29.4 Å². The van der Waals surface area contributed by atoms with E-state index in [1.807, 2.05) is 36.1 Å². The molecular formula is C20H18N4O4S. The van der Waals surface area contributed by atoms with Gasteiger partial charge in [-0.1, -0.05) is 36.0 Å². The summed E-state index contributed by atoms with van der Waals surface area (Å²) in [6.45, 7) is 3.83. The van der Waals surface area contributed by atoms with Crippen molar-refractivity contribution in [3.63, 3.8) is 0 Å². The summed E-state index contributed by atoms with van der Waals surface area (Å²) in [5, 5.41) is 18.7. The Labute approximate surface area is 171 Å². The van der Waals surface area contributed by atoms with Crippen molar-refractivity contribution in [1.29, 1.82) is 0 Å². The molecule has 0 saturated carbocycles. The van der Waals surface area contributed by atoms with Crippen LogP contribution in [0.15, 0.2) is 58.2 Å². The quantitative estimate of drug-likeness (QED) is 0.354. The monoisotopic (exact) mass is 410 g/mol. The number of hydrogen-bond acceptors (Lipinski definition) is 7. The fourth-order valence-electron chi connectivity index (χ4n) is 3.43. The molecule has 0 bridgehead atoms. The van der Waals surface area contributed by atoms with E-state index >= 15 is 0 Å². The highest BCUT2D eigenvalue weighted by Gasteiger charge is 2.34. The van der Waals surface area contributed by atoms with Gasteiger partial charge < -0.3 is 9.32 Å². The minimum absolute atomic E-state index is 0.0254. The van der Waals surface area contributed by atoms with Crippen LogP contribution < -0.4 is 4.90 Å². The molecule has 0 fully saturated rings. The van der Waals surface area contributed by atoms with Crippen LogP contribution in [-0.4, -0.2) is 32.3 Å². The molecule has 0 saturated heterocycles. The Morgan fingerprint density at radius 1 is 1.28 bits per heavy atom. The topological polar surface area (TPSA) is 102 Å². The van der Waals surface area contributed by atoms with Crippen molar-refractivity contribution in [1.82, 2.24) is 10.2 Å². The highest BCUT2D eigenvalue weighted by atomic mass is 32.2. The van der Waals surface area contributed by atoms with Gasteiger partial charge in [-0.15, -0.1) is 10.2 Å². The number of amides is 1. The molecule has 1 aliphatic heterocycles. The number of nitro benzene ring substituents is 1. The first kappa shape index (κ1) is 19.1. The van der Waals surface area contributed by atoms with Gasteiger partial charge in [0.05, 0.1) is 10.2 Å². The van der Waals surface area contributed by atoms with E-state index in [0.29, 0.717) is 5.56 Å². The molecule has 9 heteroatoms. The lowest BCUT2D eigenvalue weighted by Crippen LogP contribution is -2.40. The maximum Gasteiger partial charge on any atom is 0.277 e. The maximum absolute atomic E-state index is 13.1. The van der Waals surface area contributed by atoms with E-state index in [4.69, 9.17) is 4.42 Å². The molecule has 1 aromatic heterocycles. The number of hydrogen-bond donors (Lipinski definition) is 0. The normalized spacial score (nSPS) is 16.5. The minimum atomic E-state index is -0.481. The first-order valence-corrected chi connectivity index (χ1v) is 9.98. The van der Waals surface area contributed by atoms with Gasteiger partial charge in [0.1, 0.15) is 0 Å². The zero-order valence-corrected chi connectivity index (χ0v) is 16.6. The Kier molecular flexibility index (Phi) is 5.06. The zero-order chi connectivity index (χ0) is 20.5. The minimum Gasteiger partial charge on any atom is -0.411 e. The van der Waals surface area contributed by atoms with Crippen LogP contribution >= 0.6 is 11.8 Å². The number of benzene rings is 2. The number of nitro groups is 1. The van der Waals surface area contributed by atoms with Crippen molar-refractivity contribution in [2.45, 2.75) is 36.8 Å². The number of thioether (sulfide) groups is 1. The van der Waals surface area contributed by atoms with Crippen LogP contribution in [0.25, 0.3) is 11.5 Å². The predicted octanol–water partition coefficient (Wildman–Crippen LogP) is 4.10. The molecule has 3 aromatic rings. The molecule has 2 heterocycles. The van der Waals surface area contributed by atoms with Gasteiger partial charge in [-0.25, -0.2) is 0 Å². The molecule has 4 rings (SSSR count). The van der Waals surface area contributed by atoms with Crippen LogP contribution in [0.1, 0.15) is 19.4 Å². The lowest BCUT2D eigenvalue weighted by molar-refractivity contribution is -0.384. The number of carbonyl (C=O) groups excluding carboxylic acids is 1. The third kappa shape index (κ3) is 3.73. The smallest absolute Gasteiger partial charge is 0.277 e. The van der Waals surface area contributed by atoms with Gasteiger partial charge in [-0.3, -0.25) is 14.9 Å². The van der Waals surface area contributed by atoms with Gasteiger partial charge in [-0.05, 0) is 38.0 Å². The first-order chi connectivity index (χ1) is 13.9. The van der Waals surface area contributed by atoms with Crippen molar-refractivity contribution in [2.75, 3.05) is 4.90 Å². The second-order valence-electron chi connectivity index (χ2n) is 6.83. The van der Waals surface area contributed by atoms with Gasteiger partial charge in [0.2, 0.25) is 11.8 Å².